The maximum absolute atomic E-state index is 12.9. The summed E-state index contributed by atoms with van der Waals surface area (Å²) >= 11 is 0. The van der Waals surface area contributed by atoms with Crippen LogP contribution in [-0.4, -0.2) is 34.7 Å². The van der Waals surface area contributed by atoms with E-state index in [0.29, 0.717) is 23.0 Å². The van der Waals surface area contributed by atoms with Crippen LogP contribution in [0.3, 0.4) is 0 Å². The maximum atomic E-state index is 12.9. The van der Waals surface area contributed by atoms with Crippen LogP contribution in [0.4, 0.5) is 5.69 Å². The van der Waals surface area contributed by atoms with E-state index in [1.54, 1.807) is 13.2 Å². The Morgan fingerprint density at radius 1 is 1.24 bits per heavy atom. The van der Waals surface area contributed by atoms with E-state index >= 15 is 0 Å². The fraction of sp³-hybridized carbons (Fsp3) is 0.478. The molecule has 1 N–H and O–H groups in total. The standard InChI is InChI=1S/C23H32N2O3S/c1-16(2)20-15-23(17(3)13-22(20)28-5)29(26,27)24-11-8-12-25-18(4)14-19-9-6-7-10-21(19)25/h6-7,9-10,13,15-16,18,24H,8,11-12,14H2,1-5H3/t18-/m1/s1. The highest BCUT2D eigenvalue weighted by Gasteiger charge is 2.25. The molecule has 0 saturated heterocycles. The molecule has 1 atom stereocenters. The number of para-hydroxylation sites is 1. The number of methoxy groups -OCH3 is 1. The monoisotopic (exact) mass is 416 g/mol. The topological polar surface area (TPSA) is 58.6 Å². The van der Waals surface area contributed by atoms with Gasteiger partial charge in [-0.05, 0) is 67.5 Å². The van der Waals surface area contributed by atoms with Crippen molar-refractivity contribution in [2.45, 2.75) is 57.4 Å². The Kier molecular flexibility index (Phi) is 6.54. The van der Waals surface area contributed by atoms with Gasteiger partial charge in [0.1, 0.15) is 5.75 Å². The minimum Gasteiger partial charge on any atom is -0.496 e. The van der Waals surface area contributed by atoms with E-state index in [9.17, 15) is 8.42 Å². The van der Waals surface area contributed by atoms with Gasteiger partial charge in [0.15, 0.2) is 0 Å². The number of nitrogens with zero attached hydrogens (tertiary/aromatic N) is 1. The van der Waals surface area contributed by atoms with Gasteiger partial charge in [0, 0.05) is 24.8 Å². The van der Waals surface area contributed by atoms with Gasteiger partial charge in [0.2, 0.25) is 10.0 Å². The number of ether oxygens (including phenoxy) is 1. The molecule has 0 bridgehead atoms. The van der Waals surface area contributed by atoms with Crippen molar-refractivity contribution in [2.75, 3.05) is 25.1 Å². The SMILES string of the molecule is COc1cc(C)c(S(=O)(=O)NCCCN2c3ccccc3C[C@H]2C)cc1C(C)C. The van der Waals surface area contributed by atoms with Crippen molar-refractivity contribution >= 4 is 15.7 Å². The average molecular weight is 417 g/mol. The smallest absolute Gasteiger partial charge is 0.240 e. The molecule has 0 aliphatic carbocycles. The Morgan fingerprint density at radius 3 is 2.66 bits per heavy atom. The zero-order valence-electron chi connectivity index (χ0n) is 18.0. The van der Waals surface area contributed by atoms with Crippen molar-refractivity contribution in [3.63, 3.8) is 0 Å². The molecule has 3 rings (SSSR count). The number of anilines is 1. The number of hydrogen-bond donors (Lipinski definition) is 1. The summed E-state index contributed by atoms with van der Waals surface area (Å²) in [7, 11) is -1.95. The molecule has 6 heteroatoms. The molecule has 0 saturated carbocycles. The summed E-state index contributed by atoms with van der Waals surface area (Å²) in [4.78, 5) is 2.71. The van der Waals surface area contributed by atoms with Gasteiger partial charge in [-0.25, -0.2) is 13.1 Å². The molecule has 0 aromatic heterocycles. The number of nitrogens with one attached hydrogen (secondary N) is 1. The molecule has 158 valence electrons. The van der Waals surface area contributed by atoms with E-state index in [1.165, 1.54) is 11.3 Å². The first-order chi connectivity index (χ1) is 13.7. The summed E-state index contributed by atoms with van der Waals surface area (Å²) in [5.74, 6) is 0.911. The number of fused-ring (bicyclic) bond motifs is 1. The fourth-order valence-electron chi connectivity index (χ4n) is 4.10. The lowest BCUT2D eigenvalue weighted by atomic mass is 10.0. The van der Waals surface area contributed by atoms with E-state index < -0.39 is 10.0 Å². The van der Waals surface area contributed by atoms with Gasteiger partial charge in [-0.2, -0.15) is 0 Å². The van der Waals surface area contributed by atoms with Crippen molar-refractivity contribution in [3.05, 3.63) is 53.1 Å². The first kappa shape index (κ1) is 21.7. The van der Waals surface area contributed by atoms with Crippen LogP contribution in [0.15, 0.2) is 41.3 Å². The third-order valence-corrected chi connectivity index (χ3v) is 7.26. The summed E-state index contributed by atoms with van der Waals surface area (Å²) in [6.45, 7) is 9.34. The third kappa shape index (κ3) is 4.59. The van der Waals surface area contributed by atoms with Gasteiger partial charge in [0.25, 0.3) is 0 Å². The molecule has 0 amide bonds. The minimum atomic E-state index is -3.57. The molecule has 5 nitrogen and oxygen atoms in total. The molecule has 2 aromatic rings. The highest BCUT2D eigenvalue weighted by Crippen LogP contribution is 2.32. The molecule has 1 heterocycles. The van der Waals surface area contributed by atoms with Crippen LogP contribution in [0.2, 0.25) is 0 Å². The van der Waals surface area contributed by atoms with E-state index in [2.05, 4.69) is 40.8 Å². The van der Waals surface area contributed by atoms with E-state index in [1.807, 2.05) is 26.8 Å². The summed E-state index contributed by atoms with van der Waals surface area (Å²) in [6, 6.07) is 12.5. The maximum Gasteiger partial charge on any atom is 0.240 e. The zero-order valence-corrected chi connectivity index (χ0v) is 18.8. The summed E-state index contributed by atoms with van der Waals surface area (Å²) in [5, 5.41) is 0. The Morgan fingerprint density at radius 2 is 1.97 bits per heavy atom. The normalized spacial score (nSPS) is 16.3. The number of benzene rings is 2. The zero-order chi connectivity index (χ0) is 21.2. The second-order valence-corrected chi connectivity index (χ2v) is 9.88. The molecular weight excluding hydrogens is 384 g/mol. The largest absolute Gasteiger partial charge is 0.496 e. The van der Waals surface area contributed by atoms with Crippen molar-refractivity contribution in [3.8, 4) is 5.75 Å². The molecule has 1 aliphatic heterocycles. The van der Waals surface area contributed by atoms with Gasteiger partial charge in [0.05, 0.1) is 12.0 Å². The molecule has 1 aliphatic rings. The highest BCUT2D eigenvalue weighted by molar-refractivity contribution is 7.89. The fourth-order valence-corrected chi connectivity index (χ4v) is 5.43. The van der Waals surface area contributed by atoms with Crippen LogP contribution in [0.25, 0.3) is 0 Å². The molecule has 29 heavy (non-hydrogen) atoms. The van der Waals surface area contributed by atoms with Crippen LogP contribution >= 0.6 is 0 Å². The lowest BCUT2D eigenvalue weighted by molar-refractivity contribution is 0.406. The summed E-state index contributed by atoms with van der Waals surface area (Å²) < 4.78 is 34.1. The Hall–Kier alpha value is -2.05. The lowest BCUT2D eigenvalue weighted by Gasteiger charge is -2.25. The predicted molar refractivity (Wildman–Crippen MR) is 119 cm³/mol. The number of hydrogen-bond acceptors (Lipinski definition) is 4. The second kappa shape index (κ2) is 8.76. The van der Waals surface area contributed by atoms with Crippen molar-refractivity contribution in [1.82, 2.24) is 4.72 Å². The molecule has 0 fully saturated rings. The third-order valence-electron chi connectivity index (χ3n) is 5.66. The van der Waals surface area contributed by atoms with Crippen LogP contribution in [0.5, 0.6) is 5.75 Å². The second-order valence-electron chi connectivity index (χ2n) is 8.14. The Balaban J connectivity index is 1.66. The first-order valence-corrected chi connectivity index (χ1v) is 11.8. The highest BCUT2D eigenvalue weighted by atomic mass is 32.2. The summed E-state index contributed by atoms with van der Waals surface area (Å²) in [6.07, 6.45) is 1.80. The molecule has 0 radical (unpaired) electrons. The van der Waals surface area contributed by atoms with Gasteiger partial charge in [-0.15, -0.1) is 0 Å². The van der Waals surface area contributed by atoms with E-state index in [0.717, 1.165) is 30.7 Å². The predicted octanol–water partition coefficient (Wildman–Crippen LogP) is 4.25. The van der Waals surface area contributed by atoms with E-state index in [4.69, 9.17) is 4.74 Å². The van der Waals surface area contributed by atoms with Crippen molar-refractivity contribution < 1.29 is 13.2 Å². The van der Waals surface area contributed by atoms with Gasteiger partial charge in [-0.3, -0.25) is 0 Å². The van der Waals surface area contributed by atoms with Crippen LogP contribution in [-0.2, 0) is 16.4 Å². The quantitative estimate of drug-likeness (QED) is 0.654. The summed E-state index contributed by atoms with van der Waals surface area (Å²) in [5.41, 5.74) is 4.24. The number of sulfonamides is 1. The number of aryl methyl sites for hydroxylation is 1. The van der Waals surface area contributed by atoms with Gasteiger partial charge < -0.3 is 9.64 Å². The Bertz CT molecular complexity index is 970. The molecular formula is C23H32N2O3S. The van der Waals surface area contributed by atoms with Crippen LogP contribution in [0, 0.1) is 6.92 Å². The van der Waals surface area contributed by atoms with Gasteiger partial charge in [-0.1, -0.05) is 32.0 Å². The van der Waals surface area contributed by atoms with Gasteiger partial charge >= 0.3 is 0 Å². The molecule has 2 aromatic carbocycles. The van der Waals surface area contributed by atoms with Crippen molar-refractivity contribution in [1.29, 1.82) is 0 Å². The Labute approximate surface area is 175 Å². The minimum absolute atomic E-state index is 0.177. The lowest BCUT2D eigenvalue weighted by Crippen LogP contribution is -2.33. The first-order valence-electron chi connectivity index (χ1n) is 10.3. The molecule has 0 spiro atoms. The van der Waals surface area contributed by atoms with Crippen molar-refractivity contribution in [2.24, 2.45) is 0 Å². The average Bonchev–Trinajstić information content (AvgIpc) is 2.99. The van der Waals surface area contributed by atoms with Crippen LogP contribution in [0.1, 0.15) is 49.8 Å². The van der Waals surface area contributed by atoms with E-state index in [-0.39, 0.29) is 5.92 Å². The van der Waals surface area contributed by atoms with Crippen LogP contribution < -0.4 is 14.4 Å². The molecule has 0 unspecified atom stereocenters. The number of rotatable bonds is 8.